The van der Waals surface area contributed by atoms with E-state index in [4.69, 9.17) is 0 Å². The van der Waals surface area contributed by atoms with Gasteiger partial charge in [0, 0.05) is 35.1 Å². The number of allylic oxidation sites excluding steroid dienone is 8. The third-order valence-corrected chi connectivity index (χ3v) is 9.26. The first-order valence-electron chi connectivity index (χ1n) is 13.4. The average molecular weight is 523 g/mol. The van der Waals surface area contributed by atoms with Gasteiger partial charge in [0.05, 0.1) is 0 Å². The van der Waals surface area contributed by atoms with Gasteiger partial charge in [0.25, 0.3) is 0 Å². The van der Waals surface area contributed by atoms with Gasteiger partial charge in [0.2, 0.25) is 21.1 Å². The minimum Gasteiger partial charge on any atom is -0.871 e. The van der Waals surface area contributed by atoms with Gasteiger partial charge < -0.3 is 5.11 Å². The molecule has 1 aromatic rings. The number of ketones is 1. The van der Waals surface area contributed by atoms with Crippen molar-refractivity contribution >= 4 is 35.0 Å². The minimum absolute atomic E-state index is 0.135. The first kappa shape index (κ1) is 28.7. The van der Waals surface area contributed by atoms with Gasteiger partial charge in [-0.2, -0.15) is 0 Å². The van der Waals surface area contributed by atoms with Crippen LogP contribution in [0.3, 0.4) is 0 Å². The fraction of sp³-hybridized carbons (Fsp3) is 0.500. The Labute approximate surface area is 227 Å². The molecule has 0 unspecified atom stereocenters. The molecule has 194 valence electrons. The first-order valence-corrected chi connectivity index (χ1v) is 15.0. The van der Waals surface area contributed by atoms with Crippen LogP contribution in [0.2, 0.25) is 0 Å². The summed E-state index contributed by atoms with van der Waals surface area (Å²) in [5, 5.41) is 13.1. The molecule has 0 saturated heterocycles. The Morgan fingerprint density at radius 2 is 1.33 bits per heavy atom. The summed E-state index contributed by atoms with van der Waals surface area (Å²) in [6, 6.07) is 4.24. The molecule has 0 aromatic carbocycles. The second-order valence-corrected chi connectivity index (χ2v) is 13.9. The maximum atomic E-state index is 13.1. The second-order valence-electron chi connectivity index (χ2n) is 11.5. The SMILES string of the molecule is CC(C)CCC1=CC(=CC2=C([O-])C(=Cc3cc(C(C)C)[s+]c(C(C)C)c3)C2=O)C=C(CCC(C)C)S1. The average Bonchev–Trinajstić information content (AvgIpc) is 2.82. The van der Waals surface area contributed by atoms with Gasteiger partial charge in [-0.15, -0.1) is 0 Å². The van der Waals surface area contributed by atoms with E-state index in [-0.39, 0.29) is 11.5 Å². The summed E-state index contributed by atoms with van der Waals surface area (Å²) >= 11 is 3.69. The summed E-state index contributed by atoms with van der Waals surface area (Å²) in [4.78, 5) is 18.3. The molecule has 1 aliphatic heterocycles. The summed E-state index contributed by atoms with van der Waals surface area (Å²) in [7, 11) is 0. The molecule has 0 radical (unpaired) electrons. The van der Waals surface area contributed by atoms with E-state index in [9.17, 15) is 9.90 Å². The van der Waals surface area contributed by atoms with E-state index in [0.717, 1.165) is 36.8 Å². The van der Waals surface area contributed by atoms with E-state index in [1.807, 2.05) is 29.2 Å². The highest BCUT2D eigenvalue weighted by Crippen LogP contribution is 2.40. The number of hydrogen-bond donors (Lipinski definition) is 0. The zero-order valence-electron chi connectivity index (χ0n) is 23.2. The van der Waals surface area contributed by atoms with Gasteiger partial charge in [-0.25, -0.2) is 0 Å². The highest BCUT2D eigenvalue weighted by molar-refractivity contribution is 8.06. The predicted molar refractivity (Wildman–Crippen MR) is 157 cm³/mol. The van der Waals surface area contributed by atoms with E-state index in [1.165, 1.54) is 19.6 Å². The van der Waals surface area contributed by atoms with Crippen LogP contribution in [0.4, 0.5) is 0 Å². The minimum atomic E-state index is -0.135. The van der Waals surface area contributed by atoms with Gasteiger partial charge in [0.1, 0.15) is 0 Å². The monoisotopic (exact) mass is 522 g/mol. The lowest BCUT2D eigenvalue weighted by molar-refractivity contribution is -0.300. The maximum absolute atomic E-state index is 13.1. The molecule has 36 heavy (non-hydrogen) atoms. The van der Waals surface area contributed by atoms with Gasteiger partial charge >= 0.3 is 0 Å². The van der Waals surface area contributed by atoms with Crippen molar-refractivity contribution in [3.05, 3.63) is 78.0 Å². The van der Waals surface area contributed by atoms with Crippen LogP contribution in [0.5, 0.6) is 0 Å². The molecule has 2 aliphatic rings. The van der Waals surface area contributed by atoms with Crippen LogP contribution in [-0.2, 0) is 4.79 Å². The highest BCUT2D eigenvalue weighted by atomic mass is 32.2. The molecule has 0 bridgehead atoms. The Morgan fingerprint density at radius 3 is 1.75 bits per heavy atom. The number of Topliss-reactive ketones (excluding diaryl/α,β-unsaturated/α-hetero) is 1. The molecule has 0 atom stereocenters. The lowest BCUT2D eigenvalue weighted by Crippen LogP contribution is -2.29. The van der Waals surface area contributed by atoms with Crippen LogP contribution < -0.4 is 5.11 Å². The Balaban J connectivity index is 1.92. The summed E-state index contributed by atoms with van der Waals surface area (Å²) in [5.74, 6) is 1.83. The van der Waals surface area contributed by atoms with Crippen LogP contribution in [0.25, 0.3) is 6.08 Å². The molecule has 1 aromatic heterocycles. The van der Waals surface area contributed by atoms with Crippen LogP contribution in [0.15, 0.2) is 62.6 Å². The number of rotatable bonds is 10. The Kier molecular flexibility index (Phi) is 10.00. The largest absolute Gasteiger partial charge is 0.871 e. The zero-order valence-corrected chi connectivity index (χ0v) is 24.9. The van der Waals surface area contributed by atoms with Gasteiger partial charge in [-0.1, -0.05) is 72.9 Å². The molecule has 0 amide bonds. The normalized spacial score (nSPS) is 17.5. The number of thioether (sulfide) groups is 1. The first-order chi connectivity index (χ1) is 16.9. The van der Waals surface area contributed by atoms with Crippen molar-refractivity contribution in [3.63, 3.8) is 0 Å². The standard InChI is InChI=1S/C32H42O2S2/c1-19(2)9-11-25-13-23(14-26(35-25)12-10-20(3)4)15-27-31(33)28(32(27)34)16-24-17-29(21(5)6)36-30(18-24)22(7)8/h13-22H,9-12H2,1-8H3. The van der Waals surface area contributed by atoms with E-state index < -0.39 is 0 Å². The topological polar surface area (TPSA) is 40.1 Å². The van der Waals surface area contributed by atoms with Gasteiger partial charge in [-0.3, -0.25) is 4.79 Å². The van der Waals surface area contributed by atoms with Gasteiger partial charge in [-0.05, 0) is 82.8 Å². The summed E-state index contributed by atoms with van der Waals surface area (Å²) in [6.07, 6.45) is 12.3. The molecule has 3 rings (SSSR count). The van der Waals surface area contributed by atoms with Crippen LogP contribution in [0.1, 0.15) is 108 Å². The fourth-order valence-electron chi connectivity index (χ4n) is 4.08. The quantitative estimate of drug-likeness (QED) is 0.227. The summed E-state index contributed by atoms with van der Waals surface area (Å²) in [5.41, 5.74) is 2.55. The highest BCUT2D eigenvalue weighted by Gasteiger charge is 2.27. The van der Waals surface area contributed by atoms with Crippen molar-refractivity contribution in [3.8, 4) is 0 Å². The van der Waals surface area contributed by atoms with E-state index in [2.05, 4.69) is 79.7 Å². The van der Waals surface area contributed by atoms with Crippen molar-refractivity contribution in [1.29, 1.82) is 0 Å². The maximum Gasteiger partial charge on any atom is 0.218 e. The molecule has 2 nitrogen and oxygen atoms in total. The molecule has 2 heterocycles. The molecule has 0 fully saturated rings. The van der Waals surface area contributed by atoms with Crippen LogP contribution in [-0.4, -0.2) is 5.78 Å². The molecule has 0 spiro atoms. The predicted octanol–water partition coefficient (Wildman–Crippen LogP) is 9.17. The van der Waals surface area contributed by atoms with E-state index in [1.54, 1.807) is 6.08 Å². The molecule has 0 N–H and O–H groups in total. The Bertz CT molecular complexity index is 1080. The van der Waals surface area contributed by atoms with Crippen molar-refractivity contribution < 1.29 is 9.90 Å². The van der Waals surface area contributed by atoms with Crippen molar-refractivity contribution in [2.24, 2.45) is 11.8 Å². The Hall–Kier alpha value is -1.91. The van der Waals surface area contributed by atoms with E-state index in [0.29, 0.717) is 34.8 Å². The second kappa shape index (κ2) is 12.6. The van der Waals surface area contributed by atoms with Crippen molar-refractivity contribution in [2.45, 2.75) is 92.9 Å². The lowest BCUT2D eigenvalue weighted by atomic mass is 9.85. The lowest BCUT2D eigenvalue weighted by Gasteiger charge is -2.29. The molecule has 1 aliphatic carbocycles. The smallest absolute Gasteiger partial charge is 0.218 e. The van der Waals surface area contributed by atoms with Crippen LogP contribution in [0, 0.1) is 11.8 Å². The Morgan fingerprint density at radius 1 is 0.833 bits per heavy atom. The van der Waals surface area contributed by atoms with E-state index >= 15 is 0 Å². The molecular formula is C32H42O2S2. The summed E-state index contributed by atoms with van der Waals surface area (Å²) in [6.45, 7) is 17.7. The van der Waals surface area contributed by atoms with Crippen LogP contribution >= 0.6 is 23.1 Å². The number of carbonyl (C=O) groups is 1. The molecular weight excluding hydrogens is 480 g/mol. The van der Waals surface area contributed by atoms with Crippen molar-refractivity contribution in [1.82, 2.24) is 0 Å². The third kappa shape index (κ3) is 7.55. The number of carbonyl (C=O) groups excluding carboxylic acids is 1. The zero-order chi connectivity index (χ0) is 26.6. The third-order valence-electron chi connectivity index (χ3n) is 6.45. The summed E-state index contributed by atoms with van der Waals surface area (Å²) < 4.78 is 0. The molecule has 0 saturated carbocycles. The van der Waals surface area contributed by atoms with Crippen molar-refractivity contribution in [2.75, 3.05) is 0 Å². The molecule has 4 heteroatoms. The number of hydrogen-bond acceptors (Lipinski definition) is 3. The van der Waals surface area contributed by atoms with Gasteiger partial charge in [0.15, 0.2) is 5.78 Å². The fourth-order valence-corrected chi connectivity index (χ4v) is 6.38.